The minimum absolute atomic E-state index is 0.0864. The molecule has 3 heteroatoms. The predicted octanol–water partition coefficient (Wildman–Crippen LogP) is 2.51. The van der Waals surface area contributed by atoms with E-state index in [1.54, 1.807) is 0 Å². The maximum absolute atomic E-state index is 12.1. The van der Waals surface area contributed by atoms with E-state index in [2.05, 4.69) is 24.1 Å². The van der Waals surface area contributed by atoms with Crippen LogP contribution in [-0.4, -0.2) is 29.6 Å². The Morgan fingerprint density at radius 3 is 2.47 bits per heavy atom. The maximum atomic E-state index is 12.1. The second kappa shape index (κ2) is 5.85. The molecule has 0 spiro atoms. The van der Waals surface area contributed by atoms with Crippen LogP contribution in [0, 0.1) is 5.92 Å². The quantitative estimate of drug-likeness (QED) is 0.816. The summed E-state index contributed by atoms with van der Waals surface area (Å²) in [4.78, 5) is 14.2. The molecule has 2 rings (SSSR count). The van der Waals surface area contributed by atoms with Gasteiger partial charge >= 0.3 is 0 Å². The molecule has 3 nitrogen and oxygen atoms in total. The van der Waals surface area contributed by atoms with Gasteiger partial charge in [0.05, 0.1) is 12.7 Å². The highest BCUT2D eigenvalue weighted by Gasteiger charge is 2.35. The highest BCUT2D eigenvalue weighted by molar-refractivity contribution is 5.84. The molecule has 0 radical (unpaired) electrons. The van der Waals surface area contributed by atoms with Crippen molar-refractivity contribution in [2.75, 3.05) is 6.67 Å². The van der Waals surface area contributed by atoms with Crippen LogP contribution in [0.5, 0.6) is 0 Å². The SMILES string of the molecule is CCCC1CCC(N2CNC(CC)C2=O)CC1. The van der Waals surface area contributed by atoms with E-state index < -0.39 is 0 Å². The largest absolute Gasteiger partial charge is 0.326 e. The van der Waals surface area contributed by atoms with Gasteiger partial charge < -0.3 is 4.90 Å². The van der Waals surface area contributed by atoms with Crippen LogP contribution in [0.4, 0.5) is 0 Å². The second-order valence-corrected chi connectivity index (χ2v) is 5.59. The lowest BCUT2D eigenvalue weighted by atomic mass is 9.83. The van der Waals surface area contributed by atoms with Crippen molar-refractivity contribution in [3.63, 3.8) is 0 Å². The Kier molecular flexibility index (Phi) is 4.43. The third kappa shape index (κ3) is 2.82. The molecule has 1 N–H and O–H groups in total. The standard InChI is InChI=1S/C14H26N2O/c1-3-5-11-6-8-12(9-7-11)16-10-15-13(4-2)14(16)17/h11-13,15H,3-10H2,1-2H3. The fourth-order valence-corrected chi connectivity index (χ4v) is 3.36. The van der Waals surface area contributed by atoms with E-state index in [9.17, 15) is 4.79 Å². The number of rotatable bonds is 4. The Labute approximate surface area is 105 Å². The number of nitrogens with zero attached hydrogens (tertiary/aromatic N) is 1. The van der Waals surface area contributed by atoms with E-state index in [0.29, 0.717) is 11.9 Å². The van der Waals surface area contributed by atoms with E-state index in [0.717, 1.165) is 19.0 Å². The molecule has 1 saturated carbocycles. The monoisotopic (exact) mass is 238 g/mol. The van der Waals surface area contributed by atoms with Gasteiger partial charge in [0.2, 0.25) is 5.91 Å². The van der Waals surface area contributed by atoms with E-state index in [4.69, 9.17) is 0 Å². The van der Waals surface area contributed by atoms with Crippen LogP contribution in [0.3, 0.4) is 0 Å². The topological polar surface area (TPSA) is 32.3 Å². The van der Waals surface area contributed by atoms with Gasteiger partial charge in [-0.3, -0.25) is 10.1 Å². The van der Waals surface area contributed by atoms with Crippen molar-refractivity contribution >= 4 is 5.91 Å². The Morgan fingerprint density at radius 2 is 1.94 bits per heavy atom. The lowest BCUT2D eigenvalue weighted by Crippen LogP contribution is -2.40. The van der Waals surface area contributed by atoms with Crippen molar-refractivity contribution in [2.24, 2.45) is 5.92 Å². The van der Waals surface area contributed by atoms with E-state index in [1.165, 1.54) is 38.5 Å². The molecule has 2 fully saturated rings. The van der Waals surface area contributed by atoms with Crippen LogP contribution in [0.15, 0.2) is 0 Å². The molecule has 1 heterocycles. The number of amides is 1. The molecule has 1 aliphatic heterocycles. The van der Waals surface area contributed by atoms with Crippen molar-refractivity contribution in [3.8, 4) is 0 Å². The van der Waals surface area contributed by atoms with Crippen molar-refractivity contribution in [1.82, 2.24) is 10.2 Å². The summed E-state index contributed by atoms with van der Waals surface area (Å²) >= 11 is 0. The van der Waals surface area contributed by atoms with Gasteiger partial charge in [0.1, 0.15) is 0 Å². The van der Waals surface area contributed by atoms with Crippen LogP contribution < -0.4 is 5.32 Å². The minimum Gasteiger partial charge on any atom is -0.326 e. The molecule has 98 valence electrons. The molecule has 0 aromatic heterocycles. The minimum atomic E-state index is 0.0864. The Balaban J connectivity index is 1.83. The molecule has 1 saturated heterocycles. The van der Waals surface area contributed by atoms with Gasteiger partial charge in [0.25, 0.3) is 0 Å². The number of nitrogens with one attached hydrogen (secondary N) is 1. The van der Waals surface area contributed by atoms with Crippen LogP contribution in [0.1, 0.15) is 58.8 Å². The summed E-state index contributed by atoms with van der Waals surface area (Å²) in [6.45, 7) is 5.13. The summed E-state index contributed by atoms with van der Waals surface area (Å²) in [5.41, 5.74) is 0. The van der Waals surface area contributed by atoms with Gasteiger partial charge in [-0.1, -0.05) is 26.7 Å². The summed E-state index contributed by atoms with van der Waals surface area (Å²) in [7, 11) is 0. The highest BCUT2D eigenvalue weighted by Crippen LogP contribution is 2.31. The fraction of sp³-hybridized carbons (Fsp3) is 0.929. The molecule has 2 aliphatic rings. The fourth-order valence-electron chi connectivity index (χ4n) is 3.36. The molecule has 1 atom stereocenters. The molecule has 0 bridgehead atoms. The first-order valence-corrected chi connectivity index (χ1v) is 7.30. The van der Waals surface area contributed by atoms with Gasteiger partial charge in [-0.25, -0.2) is 0 Å². The molecule has 0 aromatic carbocycles. The number of carbonyl (C=O) groups excluding carboxylic acids is 1. The van der Waals surface area contributed by atoms with E-state index >= 15 is 0 Å². The number of hydrogen-bond donors (Lipinski definition) is 1. The molecule has 0 aromatic rings. The van der Waals surface area contributed by atoms with Crippen molar-refractivity contribution in [1.29, 1.82) is 0 Å². The third-order valence-electron chi connectivity index (χ3n) is 4.45. The maximum Gasteiger partial charge on any atom is 0.241 e. The summed E-state index contributed by atoms with van der Waals surface area (Å²) in [6.07, 6.45) is 8.66. The Hall–Kier alpha value is -0.570. The second-order valence-electron chi connectivity index (χ2n) is 5.59. The van der Waals surface area contributed by atoms with Gasteiger partial charge in [-0.2, -0.15) is 0 Å². The number of hydrogen-bond acceptors (Lipinski definition) is 2. The summed E-state index contributed by atoms with van der Waals surface area (Å²) < 4.78 is 0. The van der Waals surface area contributed by atoms with Gasteiger partial charge in [-0.15, -0.1) is 0 Å². The van der Waals surface area contributed by atoms with Crippen LogP contribution in [-0.2, 0) is 4.79 Å². The van der Waals surface area contributed by atoms with Crippen molar-refractivity contribution in [3.05, 3.63) is 0 Å². The lowest BCUT2D eigenvalue weighted by Gasteiger charge is -2.34. The Morgan fingerprint density at radius 1 is 1.24 bits per heavy atom. The third-order valence-corrected chi connectivity index (χ3v) is 4.45. The van der Waals surface area contributed by atoms with Gasteiger partial charge in [-0.05, 0) is 38.0 Å². The first-order chi connectivity index (χ1) is 8.26. The molecule has 1 unspecified atom stereocenters. The first kappa shape index (κ1) is 12.9. The summed E-state index contributed by atoms with van der Waals surface area (Å²) in [6, 6.07) is 0.600. The average molecular weight is 238 g/mol. The molecule has 1 amide bonds. The Bertz CT molecular complexity index is 259. The van der Waals surface area contributed by atoms with Crippen LogP contribution >= 0.6 is 0 Å². The molecule has 17 heavy (non-hydrogen) atoms. The lowest BCUT2D eigenvalue weighted by molar-refractivity contribution is -0.131. The van der Waals surface area contributed by atoms with Crippen LogP contribution in [0.2, 0.25) is 0 Å². The summed E-state index contributed by atoms with van der Waals surface area (Å²) in [5, 5.41) is 3.32. The molecular formula is C14H26N2O. The van der Waals surface area contributed by atoms with E-state index in [-0.39, 0.29) is 6.04 Å². The van der Waals surface area contributed by atoms with Crippen molar-refractivity contribution in [2.45, 2.75) is 70.9 Å². The van der Waals surface area contributed by atoms with Crippen molar-refractivity contribution < 1.29 is 4.79 Å². The zero-order chi connectivity index (χ0) is 12.3. The first-order valence-electron chi connectivity index (χ1n) is 7.30. The predicted molar refractivity (Wildman–Crippen MR) is 69.6 cm³/mol. The van der Waals surface area contributed by atoms with Gasteiger partial charge in [0, 0.05) is 6.04 Å². The smallest absolute Gasteiger partial charge is 0.241 e. The zero-order valence-corrected chi connectivity index (χ0v) is 11.2. The normalized spacial score (nSPS) is 34.4. The van der Waals surface area contributed by atoms with E-state index in [1.807, 2.05) is 0 Å². The average Bonchev–Trinajstić information content (AvgIpc) is 2.72. The van der Waals surface area contributed by atoms with Gasteiger partial charge in [0.15, 0.2) is 0 Å². The zero-order valence-electron chi connectivity index (χ0n) is 11.2. The highest BCUT2D eigenvalue weighted by atomic mass is 16.2. The number of carbonyl (C=O) groups is 1. The summed E-state index contributed by atoms with van der Waals surface area (Å²) in [5.74, 6) is 1.26. The van der Waals surface area contributed by atoms with Crippen LogP contribution in [0.25, 0.3) is 0 Å². The molecular weight excluding hydrogens is 212 g/mol. The molecule has 1 aliphatic carbocycles.